The van der Waals surface area contributed by atoms with Crippen LogP contribution in [0.15, 0.2) is 0 Å². The van der Waals surface area contributed by atoms with Crippen molar-refractivity contribution in [1.29, 1.82) is 0 Å². The molecule has 0 aromatic carbocycles. The Morgan fingerprint density at radius 3 is 0.600 bits per heavy atom. The van der Waals surface area contributed by atoms with Gasteiger partial charge in [0, 0.05) is 0 Å². The smallest absolute Gasteiger partial charge is 2.00 e. The van der Waals surface area contributed by atoms with Crippen molar-refractivity contribution < 1.29 is 86.9 Å². The molecule has 0 bridgehead atoms. The SMILES string of the molecule is [Ho+3].[O-2].[O-2].[O-2].[Y+3]. The van der Waals surface area contributed by atoms with Gasteiger partial charge in [0.2, 0.25) is 0 Å². The summed E-state index contributed by atoms with van der Waals surface area (Å²) < 4.78 is 0. The maximum Gasteiger partial charge on any atom is 3.00 e. The van der Waals surface area contributed by atoms with E-state index < -0.39 is 0 Å². The van der Waals surface area contributed by atoms with E-state index in [1.165, 1.54) is 0 Å². The second-order valence-corrected chi connectivity index (χ2v) is 0. The van der Waals surface area contributed by atoms with Crippen LogP contribution in [0.5, 0.6) is 0 Å². The van der Waals surface area contributed by atoms with E-state index >= 15 is 0 Å². The predicted octanol–water partition coefficient (Wildman–Crippen LogP) is -0.359. The van der Waals surface area contributed by atoms with E-state index in [1.54, 1.807) is 0 Å². The topological polar surface area (TPSA) is 85.5 Å². The molecule has 0 aromatic heterocycles. The summed E-state index contributed by atoms with van der Waals surface area (Å²) in [6.45, 7) is 0. The van der Waals surface area contributed by atoms with Crippen LogP contribution >= 0.6 is 0 Å². The van der Waals surface area contributed by atoms with Gasteiger partial charge in [-0.2, -0.15) is 0 Å². The van der Waals surface area contributed by atoms with Crippen molar-refractivity contribution in [2.45, 2.75) is 0 Å². The summed E-state index contributed by atoms with van der Waals surface area (Å²) in [5.41, 5.74) is 0. The largest absolute Gasteiger partial charge is 3.00 e. The first-order valence-corrected chi connectivity index (χ1v) is 0. The predicted molar refractivity (Wildman–Crippen MR) is 2.06 cm³/mol. The molecule has 0 saturated heterocycles. The maximum absolute atomic E-state index is 0. The molecular formula is HoO3Y. The molecule has 3 nitrogen and oxygen atoms in total. The second kappa shape index (κ2) is 34.1. The van der Waals surface area contributed by atoms with E-state index in [0.29, 0.717) is 0 Å². The van der Waals surface area contributed by atoms with Crippen molar-refractivity contribution in [2.24, 2.45) is 0 Å². The Hall–Kier alpha value is 2.24. The minimum absolute atomic E-state index is 0. The monoisotopic (exact) mass is 302 g/mol. The van der Waals surface area contributed by atoms with E-state index in [4.69, 9.17) is 0 Å². The summed E-state index contributed by atoms with van der Waals surface area (Å²) in [5.74, 6) is 0. The normalized spacial score (nSPS) is 0. The van der Waals surface area contributed by atoms with Gasteiger partial charge >= 0.3 is 70.4 Å². The average molecular weight is 302 g/mol. The summed E-state index contributed by atoms with van der Waals surface area (Å²) in [5, 5.41) is 0. The van der Waals surface area contributed by atoms with Crippen LogP contribution in [0.2, 0.25) is 0 Å². The Labute approximate surface area is 85.3 Å². The van der Waals surface area contributed by atoms with E-state index in [1.807, 2.05) is 0 Å². The molecular weight excluding hydrogens is 302 g/mol. The van der Waals surface area contributed by atoms with Crippen LogP contribution in [-0.2, 0) is 49.1 Å². The molecule has 0 saturated carbocycles. The Bertz CT molecular complexity index is 6.85. The molecule has 0 aromatic rings. The fourth-order valence-electron chi connectivity index (χ4n) is 0. The molecule has 0 spiro atoms. The van der Waals surface area contributed by atoms with Gasteiger partial charge in [-0.15, -0.1) is 0 Å². The Balaban J connectivity index is 0. The van der Waals surface area contributed by atoms with Crippen LogP contribution in [0.25, 0.3) is 0 Å². The molecule has 0 radical (unpaired) electrons. The first-order valence-electron chi connectivity index (χ1n) is 0. The minimum atomic E-state index is 0. The number of rotatable bonds is 0. The fourth-order valence-corrected chi connectivity index (χ4v) is 0. The van der Waals surface area contributed by atoms with Gasteiger partial charge in [-0.05, 0) is 0 Å². The zero-order valence-electron chi connectivity index (χ0n) is 2.10. The van der Waals surface area contributed by atoms with E-state index in [9.17, 15) is 0 Å². The van der Waals surface area contributed by atoms with Gasteiger partial charge in [-0.25, -0.2) is 0 Å². The zero-order valence-corrected chi connectivity index (χ0v) is 6.88. The molecule has 0 aliphatic carbocycles. The molecule has 0 rings (SSSR count). The third kappa shape index (κ3) is 22.3. The molecule has 32 valence electrons. The first kappa shape index (κ1) is 56.1. The van der Waals surface area contributed by atoms with Gasteiger partial charge in [-0.3, -0.25) is 0 Å². The van der Waals surface area contributed by atoms with Crippen LogP contribution in [0.3, 0.4) is 0 Å². The molecule has 0 N–H and O–H groups in total. The molecule has 0 aliphatic rings. The van der Waals surface area contributed by atoms with Gasteiger partial charge in [0.05, 0.1) is 0 Å². The second-order valence-electron chi connectivity index (χ2n) is 0. The van der Waals surface area contributed by atoms with Crippen molar-refractivity contribution >= 4 is 0 Å². The molecule has 0 fully saturated rings. The van der Waals surface area contributed by atoms with E-state index in [-0.39, 0.29) is 86.9 Å². The summed E-state index contributed by atoms with van der Waals surface area (Å²) in [6, 6.07) is 0. The summed E-state index contributed by atoms with van der Waals surface area (Å²) in [7, 11) is 0. The third-order valence-corrected chi connectivity index (χ3v) is 0. The fraction of sp³-hybridized carbons (Fsp3) is 0. The number of hydrogen-bond donors (Lipinski definition) is 0. The van der Waals surface area contributed by atoms with E-state index in [2.05, 4.69) is 0 Å². The van der Waals surface area contributed by atoms with Crippen LogP contribution in [0.4, 0.5) is 0 Å². The van der Waals surface area contributed by atoms with Crippen LogP contribution < -0.4 is 0 Å². The molecule has 5 heteroatoms. The molecule has 0 aliphatic heterocycles. The van der Waals surface area contributed by atoms with Crippen molar-refractivity contribution in [3.8, 4) is 0 Å². The molecule has 0 amide bonds. The van der Waals surface area contributed by atoms with Crippen LogP contribution in [0.1, 0.15) is 0 Å². The Kier molecular flexibility index (Phi) is 383. The van der Waals surface area contributed by atoms with E-state index in [0.717, 1.165) is 0 Å². The van der Waals surface area contributed by atoms with Crippen molar-refractivity contribution in [3.63, 3.8) is 0 Å². The summed E-state index contributed by atoms with van der Waals surface area (Å²) in [4.78, 5) is 0. The molecule has 0 unspecified atom stereocenters. The van der Waals surface area contributed by atoms with Gasteiger partial charge in [0.15, 0.2) is 0 Å². The van der Waals surface area contributed by atoms with Gasteiger partial charge in [0.25, 0.3) is 0 Å². The zero-order chi connectivity index (χ0) is 0. The van der Waals surface area contributed by atoms with Gasteiger partial charge in [-0.1, -0.05) is 0 Å². The summed E-state index contributed by atoms with van der Waals surface area (Å²) in [6.07, 6.45) is 0. The minimum Gasteiger partial charge on any atom is -2.00 e. The molecule has 0 atom stereocenters. The van der Waals surface area contributed by atoms with Crippen molar-refractivity contribution in [3.05, 3.63) is 0 Å². The Morgan fingerprint density at radius 1 is 0.600 bits per heavy atom. The van der Waals surface area contributed by atoms with Crippen LogP contribution in [0, 0.1) is 37.7 Å². The van der Waals surface area contributed by atoms with Gasteiger partial charge in [0.1, 0.15) is 0 Å². The van der Waals surface area contributed by atoms with Crippen LogP contribution in [-0.4, -0.2) is 0 Å². The summed E-state index contributed by atoms with van der Waals surface area (Å²) >= 11 is 0. The molecule has 5 heavy (non-hydrogen) atoms. The Morgan fingerprint density at radius 2 is 0.600 bits per heavy atom. The van der Waals surface area contributed by atoms with Crippen molar-refractivity contribution in [2.75, 3.05) is 0 Å². The van der Waals surface area contributed by atoms with Gasteiger partial charge < -0.3 is 16.4 Å². The third-order valence-electron chi connectivity index (χ3n) is 0. The maximum atomic E-state index is 0. The average Bonchev–Trinajstić information content (AvgIpc) is 0. The first-order chi connectivity index (χ1) is 0. The standard InChI is InChI=1S/Ho.3O.Y/q+3;3*-2;+3. The molecule has 0 heterocycles. The quantitative estimate of drug-likeness (QED) is 0.547. The number of hydrogen-bond acceptors (Lipinski definition) is 0. The van der Waals surface area contributed by atoms with Crippen molar-refractivity contribution in [1.82, 2.24) is 0 Å².